The molecule has 2 aliphatic rings. The molecule has 0 radical (unpaired) electrons. The van der Waals surface area contributed by atoms with Crippen LogP contribution in [0.25, 0.3) is 0 Å². The first-order valence-corrected chi connectivity index (χ1v) is 11.9. The lowest BCUT2D eigenvalue weighted by Crippen LogP contribution is -2.55. The van der Waals surface area contributed by atoms with E-state index >= 15 is 0 Å². The second-order valence-electron chi connectivity index (χ2n) is 8.98. The number of carbonyl (C=O) groups is 2. The Morgan fingerprint density at radius 1 is 1.00 bits per heavy atom. The largest absolute Gasteiger partial charge is 0.456 e. The maximum atomic E-state index is 13.2. The smallest absolute Gasteiger partial charge is 0.255 e. The molecule has 1 saturated heterocycles. The lowest BCUT2D eigenvalue weighted by atomic mass is 10.1. The molecule has 1 saturated carbocycles. The van der Waals surface area contributed by atoms with E-state index in [1.54, 1.807) is 17.0 Å². The molecule has 5 rings (SSSR count). The molecule has 1 aliphatic heterocycles. The summed E-state index contributed by atoms with van der Waals surface area (Å²) in [6.07, 6.45) is 4.92. The van der Waals surface area contributed by atoms with Crippen LogP contribution in [0.1, 0.15) is 23.2 Å². The predicted molar refractivity (Wildman–Crippen MR) is 130 cm³/mol. The summed E-state index contributed by atoms with van der Waals surface area (Å²) in [5, 5.41) is 2.91. The quantitative estimate of drug-likeness (QED) is 0.526. The first kappa shape index (κ1) is 23.7. The number of piperazine rings is 1. The molecule has 1 aromatic carbocycles. The standard InChI is InChI=1S/C26H26FN5O4/c27-19-4-6-20(7-5-19)36-21-8-9-22(28-16-21)30-25(34)24(17-1-2-17)31-11-13-32(14-12-31)26(35)18-3-10-23(33)29-15-18/h3-10,15-17,24H,1-2,11-14H2,(H,29,33)(H,28,30,34). The topological polar surface area (TPSA) is 108 Å². The fourth-order valence-corrected chi connectivity index (χ4v) is 4.37. The second-order valence-corrected chi connectivity index (χ2v) is 8.98. The number of H-pyrrole nitrogens is 1. The molecule has 2 aromatic heterocycles. The van der Waals surface area contributed by atoms with E-state index in [-0.39, 0.29) is 35.2 Å². The highest BCUT2D eigenvalue weighted by Gasteiger charge is 2.41. The number of ether oxygens (including phenoxy) is 1. The number of anilines is 1. The van der Waals surface area contributed by atoms with Gasteiger partial charge in [-0.15, -0.1) is 0 Å². The van der Waals surface area contributed by atoms with Crippen molar-refractivity contribution in [3.63, 3.8) is 0 Å². The van der Waals surface area contributed by atoms with E-state index in [1.165, 1.54) is 48.8 Å². The first-order chi connectivity index (χ1) is 17.5. The molecule has 2 fully saturated rings. The van der Waals surface area contributed by atoms with Crippen molar-refractivity contribution in [2.45, 2.75) is 18.9 Å². The summed E-state index contributed by atoms with van der Waals surface area (Å²) < 4.78 is 18.7. The summed E-state index contributed by atoms with van der Waals surface area (Å²) in [5.41, 5.74) is 0.191. The lowest BCUT2D eigenvalue weighted by molar-refractivity contribution is -0.122. The number of amides is 2. The van der Waals surface area contributed by atoms with Gasteiger partial charge in [0.2, 0.25) is 11.5 Å². The summed E-state index contributed by atoms with van der Waals surface area (Å²) in [6, 6.07) is 11.6. The number of benzene rings is 1. The molecule has 0 bridgehead atoms. The molecule has 186 valence electrons. The van der Waals surface area contributed by atoms with E-state index in [4.69, 9.17) is 4.74 Å². The molecule has 9 nitrogen and oxygen atoms in total. The average Bonchev–Trinajstić information content (AvgIpc) is 3.72. The van der Waals surface area contributed by atoms with Crippen molar-refractivity contribution in [3.05, 3.63) is 82.7 Å². The monoisotopic (exact) mass is 491 g/mol. The summed E-state index contributed by atoms with van der Waals surface area (Å²) in [5.74, 6) is 1.08. The summed E-state index contributed by atoms with van der Waals surface area (Å²) in [7, 11) is 0. The Kier molecular flexibility index (Phi) is 6.77. The third-order valence-electron chi connectivity index (χ3n) is 6.40. The van der Waals surface area contributed by atoms with Gasteiger partial charge in [-0.3, -0.25) is 19.3 Å². The fraction of sp³-hybridized carbons (Fsp3) is 0.308. The number of aromatic amines is 1. The fourth-order valence-electron chi connectivity index (χ4n) is 4.37. The van der Waals surface area contributed by atoms with Crippen molar-refractivity contribution in [2.24, 2.45) is 5.92 Å². The SMILES string of the molecule is O=C(Nc1ccc(Oc2ccc(F)cc2)cn1)C(C1CC1)N1CCN(C(=O)c2ccc(=O)[nH]c2)CC1. The first-order valence-electron chi connectivity index (χ1n) is 11.9. The summed E-state index contributed by atoms with van der Waals surface area (Å²) in [4.78, 5) is 47.9. The minimum absolute atomic E-state index is 0.113. The highest BCUT2D eigenvalue weighted by atomic mass is 19.1. The molecule has 0 spiro atoms. The zero-order chi connectivity index (χ0) is 25.1. The summed E-state index contributed by atoms with van der Waals surface area (Å²) in [6.45, 7) is 2.17. The number of hydrogen-bond donors (Lipinski definition) is 2. The average molecular weight is 492 g/mol. The van der Waals surface area contributed by atoms with Gasteiger partial charge >= 0.3 is 0 Å². The number of halogens is 1. The van der Waals surface area contributed by atoms with Gasteiger partial charge in [0.1, 0.15) is 23.1 Å². The number of carbonyl (C=O) groups excluding carboxylic acids is 2. The highest BCUT2D eigenvalue weighted by Crippen LogP contribution is 2.36. The molecular weight excluding hydrogens is 465 g/mol. The highest BCUT2D eigenvalue weighted by molar-refractivity contribution is 5.95. The molecule has 36 heavy (non-hydrogen) atoms. The minimum Gasteiger partial charge on any atom is -0.456 e. The van der Waals surface area contributed by atoms with Gasteiger partial charge in [-0.25, -0.2) is 9.37 Å². The van der Waals surface area contributed by atoms with Crippen molar-refractivity contribution >= 4 is 17.6 Å². The van der Waals surface area contributed by atoms with Gasteiger partial charge in [0, 0.05) is 38.4 Å². The molecule has 3 aromatic rings. The molecule has 2 amide bonds. The Hall–Kier alpha value is -4.05. The van der Waals surface area contributed by atoms with Crippen LogP contribution in [-0.2, 0) is 4.79 Å². The third kappa shape index (κ3) is 5.60. The van der Waals surface area contributed by atoms with Crippen LogP contribution in [0, 0.1) is 11.7 Å². The molecule has 1 aliphatic carbocycles. The number of pyridine rings is 2. The Balaban J connectivity index is 1.17. The maximum absolute atomic E-state index is 13.2. The second kappa shape index (κ2) is 10.3. The normalized spacial score (nSPS) is 16.9. The number of hydrogen-bond acceptors (Lipinski definition) is 6. The van der Waals surface area contributed by atoms with Crippen LogP contribution < -0.4 is 15.6 Å². The van der Waals surface area contributed by atoms with E-state index in [2.05, 4.69) is 20.2 Å². The number of aromatic nitrogens is 2. The van der Waals surface area contributed by atoms with E-state index in [9.17, 15) is 18.8 Å². The number of rotatable bonds is 7. The Morgan fingerprint density at radius 3 is 2.33 bits per heavy atom. The van der Waals surface area contributed by atoms with Crippen LogP contribution >= 0.6 is 0 Å². The molecule has 10 heteroatoms. The summed E-state index contributed by atoms with van der Waals surface area (Å²) >= 11 is 0. The lowest BCUT2D eigenvalue weighted by Gasteiger charge is -2.38. The van der Waals surface area contributed by atoms with Gasteiger partial charge in [0.25, 0.3) is 5.91 Å². The minimum atomic E-state index is -0.342. The molecule has 2 N–H and O–H groups in total. The van der Waals surface area contributed by atoms with Gasteiger partial charge in [-0.1, -0.05) is 0 Å². The molecular formula is C26H26FN5O4. The van der Waals surface area contributed by atoms with Crippen molar-refractivity contribution in [3.8, 4) is 11.5 Å². The van der Waals surface area contributed by atoms with Gasteiger partial charge in [0.05, 0.1) is 17.8 Å². The van der Waals surface area contributed by atoms with Crippen molar-refractivity contribution in [1.82, 2.24) is 19.8 Å². The molecule has 1 atom stereocenters. The van der Waals surface area contributed by atoms with Crippen LogP contribution in [0.5, 0.6) is 11.5 Å². The molecule has 3 heterocycles. The van der Waals surface area contributed by atoms with E-state index in [0.717, 1.165) is 12.8 Å². The predicted octanol–water partition coefficient (Wildman–Crippen LogP) is 2.88. The number of nitrogens with one attached hydrogen (secondary N) is 2. The molecule has 1 unspecified atom stereocenters. The maximum Gasteiger partial charge on any atom is 0.255 e. The Morgan fingerprint density at radius 2 is 1.72 bits per heavy atom. The van der Waals surface area contributed by atoms with Gasteiger partial charge in [-0.2, -0.15) is 0 Å². The Bertz CT molecular complexity index is 1260. The van der Waals surface area contributed by atoms with Crippen LogP contribution in [0.4, 0.5) is 10.2 Å². The van der Waals surface area contributed by atoms with Gasteiger partial charge in [0.15, 0.2) is 0 Å². The van der Waals surface area contributed by atoms with Crippen molar-refractivity contribution in [2.75, 3.05) is 31.5 Å². The van der Waals surface area contributed by atoms with Crippen LogP contribution in [0.15, 0.2) is 65.7 Å². The van der Waals surface area contributed by atoms with E-state index in [1.807, 2.05) is 0 Å². The zero-order valence-electron chi connectivity index (χ0n) is 19.5. The zero-order valence-corrected chi connectivity index (χ0v) is 19.5. The Labute approximate surface area is 206 Å². The van der Waals surface area contributed by atoms with Crippen LogP contribution in [-0.4, -0.2) is 63.8 Å². The van der Waals surface area contributed by atoms with Crippen LogP contribution in [0.3, 0.4) is 0 Å². The van der Waals surface area contributed by atoms with E-state index < -0.39 is 0 Å². The van der Waals surface area contributed by atoms with Crippen molar-refractivity contribution in [1.29, 1.82) is 0 Å². The van der Waals surface area contributed by atoms with E-state index in [0.29, 0.717) is 49.1 Å². The third-order valence-corrected chi connectivity index (χ3v) is 6.40. The van der Waals surface area contributed by atoms with Gasteiger partial charge in [-0.05, 0) is 61.2 Å². The van der Waals surface area contributed by atoms with Gasteiger partial charge < -0.3 is 19.9 Å². The van der Waals surface area contributed by atoms with Crippen LogP contribution in [0.2, 0.25) is 0 Å². The number of nitrogens with zero attached hydrogens (tertiary/aromatic N) is 3. The van der Waals surface area contributed by atoms with Crippen molar-refractivity contribution < 1.29 is 18.7 Å².